The van der Waals surface area contributed by atoms with Crippen LogP contribution in [-0.4, -0.2) is 0 Å². The fourth-order valence-corrected chi connectivity index (χ4v) is 6.58. The van der Waals surface area contributed by atoms with Crippen molar-refractivity contribution in [1.29, 1.82) is 0 Å². The second kappa shape index (κ2) is 8.62. The summed E-state index contributed by atoms with van der Waals surface area (Å²) in [6.07, 6.45) is 16.3. The molecule has 0 saturated heterocycles. The van der Waals surface area contributed by atoms with Crippen molar-refractivity contribution in [2.45, 2.75) is 89.9 Å². The van der Waals surface area contributed by atoms with Crippen LogP contribution in [-0.2, 0) is 0 Å². The first-order valence-electron chi connectivity index (χ1n) is 11.5. The molecule has 0 radical (unpaired) electrons. The molecular formula is C25H36F2. The lowest BCUT2D eigenvalue weighted by Gasteiger charge is -2.41. The van der Waals surface area contributed by atoms with E-state index in [1.807, 2.05) is 0 Å². The summed E-state index contributed by atoms with van der Waals surface area (Å²) in [5.41, 5.74) is 0.876. The van der Waals surface area contributed by atoms with Gasteiger partial charge in [0.15, 0.2) is 0 Å². The normalized spacial score (nSPS) is 37.9. The maximum atomic E-state index is 13.5. The molecule has 150 valence electrons. The smallest absolute Gasteiger partial charge is 0.126 e. The van der Waals surface area contributed by atoms with Gasteiger partial charge in [-0.15, -0.1) is 0 Å². The van der Waals surface area contributed by atoms with E-state index in [9.17, 15) is 8.78 Å². The van der Waals surface area contributed by atoms with Crippen molar-refractivity contribution in [1.82, 2.24) is 0 Å². The molecule has 27 heavy (non-hydrogen) atoms. The lowest BCUT2D eigenvalue weighted by atomic mass is 9.65. The van der Waals surface area contributed by atoms with Crippen LogP contribution in [0.25, 0.3) is 0 Å². The van der Waals surface area contributed by atoms with E-state index >= 15 is 0 Å². The molecule has 0 atom stereocenters. The largest absolute Gasteiger partial charge is 0.207 e. The molecule has 2 heteroatoms. The summed E-state index contributed by atoms with van der Waals surface area (Å²) >= 11 is 0. The van der Waals surface area contributed by atoms with Gasteiger partial charge in [0.05, 0.1) is 0 Å². The zero-order valence-corrected chi connectivity index (χ0v) is 16.9. The Morgan fingerprint density at radius 1 is 0.556 bits per heavy atom. The third-order valence-electron chi connectivity index (χ3n) is 8.34. The molecule has 3 fully saturated rings. The molecule has 0 N–H and O–H groups in total. The molecule has 0 bridgehead atoms. The van der Waals surface area contributed by atoms with Gasteiger partial charge in [-0.25, -0.2) is 8.78 Å². The summed E-state index contributed by atoms with van der Waals surface area (Å²) in [6, 6.07) is 4.08. The number of hydrogen-bond acceptors (Lipinski definition) is 0. The Hall–Kier alpha value is -0.920. The van der Waals surface area contributed by atoms with Crippen LogP contribution in [0.5, 0.6) is 0 Å². The Balaban J connectivity index is 1.25. The molecule has 0 spiro atoms. The minimum atomic E-state index is -0.428. The molecule has 0 heterocycles. The predicted octanol–water partition coefficient (Wildman–Crippen LogP) is 7.87. The van der Waals surface area contributed by atoms with Gasteiger partial charge in [0.25, 0.3) is 0 Å². The second-order valence-corrected chi connectivity index (χ2v) is 10.0. The van der Waals surface area contributed by atoms with E-state index in [1.54, 1.807) is 12.1 Å². The Bertz CT molecular complexity index is 580. The molecule has 0 aliphatic heterocycles. The highest BCUT2D eigenvalue weighted by Crippen LogP contribution is 2.47. The van der Waals surface area contributed by atoms with Crippen LogP contribution in [0.1, 0.15) is 95.5 Å². The van der Waals surface area contributed by atoms with E-state index in [1.165, 1.54) is 64.2 Å². The minimum Gasteiger partial charge on any atom is -0.207 e. The van der Waals surface area contributed by atoms with Crippen LogP contribution in [0, 0.1) is 41.2 Å². The molecular weight excluding hydrogens is 338 g/mol. The molecule has 3 aliphatic rings. The molecule has 0 amide bonds. The summed E-state index contributed by atoms with van der Waals surface area (Å²) in [5, 5.41) is 0. The molecule has 1 aromatic carbocycles. The van der Waals surface area contributed by atoms with Crippen molar-refractivity contribution in [2.75, 3.05) is 0 Å². The van der Waals surface area contributed by atoms with Crippen molar-refractivity contribution in [3.05, 3.63) is 35.4 Å². The molecule has 3 aliphatic carbocycles. The standard InChI is InChI=1S/C25H36F2/c1-17-2-4-18(5-3-17)19-6-8-20(9-7-19)21-10-12-22(13-11-21)23-14-24(26)16-25(27)15-23/h14-22H,2-13H2,1H3. The predicted molar refractivity (Wildman–Crippen MR) is 108 cm³/mol. The second-order valence-electron chi connectivity index (χ2n) is 10.0. The van der Waals surface area contributed by atoms with Crippen molar-refractivity contribution in [3.8, 4) is 0 Å². The lowest BCUT2D eigenvalue weighted by Crippen LogP contribution is -2.29. The van der Waals surface area contributed by atoms with Gasteiger partial charge >= 0.3 is 0 Å². The molecule has 3 saturated carbocycles. The lowest BCUT2D eigenvalue weighted by molar-refractivity contribution is 0.112. The summed E-state index contributed by atoms with van der Waals surface area (Å²) in [6.45, 7) is 2.42. The number of halogens is 2. The monoisotopic (exact) mass is 374 g/mol. The highest BCUT2D eigenvalue weighted by molar-refractivity contribution is 5.22. The highest BCUT2D eigenvalue weighted by atomic mass is 19.1. The van der Waals surface area contributed by atoms with Crippen molar-refractivity contribution in [2.24, 2.45) is 29.6 Å². The van der Waals surface area contributed by atoms with E-state index in [0.717, 1.165) is 54.1 Å². The first kappa shape index (κ1) is 19.4. The minimum absolute atomic E-state index is 0.354. The molecule has 0 aromatic heterocycles. The van der Waals surface area contributed by atoms with Gasteiger partial charge in [0.2, 0.25) is 0 Å². The Morgan fingerprint density at radius 3 is 1.37 bits per heavy atom. The summed E-state index contributed by atoms with van der Waals surface area (Å²) in [5.74, 6) is 4.23. The Kier molecular flexibility index (Phi) is 6.19. The van der Waals surface area contributed by atoms with Gasteiger partial charge in [-0.1, -0.05) is 19.8 Å². The fourth-order valence-electron chi connectivity index (χ4n) is 6.58. The van der Waals surface area contributed by atoms with Crippen molar-refractivity contribution >= 4 is 0 Å². The Morgan fingerprint density at radius 2 is 0.926 bits per heavy atom. The van der Waals surface area contributed by atoms with E-state index in [0.29, 0.717) is 5.92 Å². The average molecular weight is 375 g/mol. The van der Waals surface area contributed by atoms with Crippen molar-refractivity contribution in [3.63, 3.8) is 0 Å². The summed E-state index contributed by atoms with van der Waals surface area (Å²) < 4.78 is 27.0. The number of hydrogen-bond donors (Lipinski definition) is 0. The Labute approximate surface area is 164 Å². The van der Waals surface area contributed by atoms with Gasteiger partial charge in [-0.05, 0) is 117 Å². The fraction of sp³-hybridized carbons (Fsp3) is 0.760. The summed E-state index contributed by atoms with van der Waals surface area (Å²) in [7, 11) is 0. The van der Waals surface area contributed by atoms with E-state index in [2.05, 4.69) is 6.92 Å². The quantitative estimate of drug-likeness (QED) is 0.505. The SMILES string of the molecule is CC1CCC(C2CCC(C3CCC(c4cc(F)cc(F)c4)CC3)CC2)CC1. The zero-order valence-electron chi connectivity index (χ0n) is 16.9. The van der Waals surface area contributed by atoms with Gasteiger partial charge in [-0.2, -0.15) is 0 Å². The van der Waals surface area contributed by atoms with Crippen LogP contribution < -0.4 is 0 Å². The van der Waals surface area contributed by atoms with Crippen LogP contribution >= 0.6 is 0 Å². The van der Waals surface area contributed by atoms with Crippen LogP contribution in [0.2, 0.25) is 0 Å². The maximum absolute atomic E-state index is 13.5. The number of rotatable bonds is 3. The van der Waals surface area contributed by atoms with Crippen LogP contribution in [0.3, 0.4) is 0 Å². The van der Waals surface area contributed by atoms with E-state index in [4.69, 9.17) is 0 Å². The maximum Gasteiger partial charge on any atom is 0.126 e. The van der Waals surface area contributed by atoms with Gasteiger partial charge in [0, 0.05) is 6.07 Å². The third-order valence-corrected chi connectivity index (χ3v) is 8.34. The van der Waals surface area contributed by atoms with Crippen LogP contribution in [0.15, 0.2) is 18.2 Å². The third kappa shape index (κ3) is 4.74. The highest BCUT2D eigenvalue weighted by Gasteiger charge is 2.34. The first-order chi connectivity index (χ1) is 13.1. The number of benzene rings is 1. The van der Waals surface area contributed by atoms with Crippen LogP contribution in [0.4, 0.5) is 8.78 Å². The summed E-state index contributed by atoms with van der Waals surface area (Å²) in [4.78, 5) is 0. The van der Waals surface area contributed by atoms with E-state index in [-0.39, 0.29) is 0 Å². The van der Waals surface area contributed by atoms with Gasteiger partial charge in [-0.3, -0.25) is 0 Å². The molecule has 4 rings (SSSR count). The molecule has 0 unspecified atom stereocenters. The topological polar surface area (TPSA) is 0 Å². The first-order valence-corrected chi connectivity index (χ1v) is 11.5. The van der Waals surface area contributed by atoms with Gasteiger partial charge in [0.1, 0.15) is 11.6 Å². The average Bonchev–Trinajstić information content (AvgIpc) is 2.68. The zero-order chi connectivity index (χ0) is 18.8. The molecule has 1 aromatic rings. The molecule has 0 nitrogen and oxygen atoms in total. The van der Waals surface area contributed by atoms with Crippen molar-refractivity contribution < 1.29 is 8.78 Å². The van der Waals surface area contributed by atoms with E-state index < -0.39 is 11.6 Å². The van der Waals surface area contributed by atoms with Gasteiger partial charge < -0.3 is 0 Å².